The molecular weight excluding hydrogens is 462 g/mol. The van der Waals surface area contributed by atoms with Crippen LogP contribution in [0.3, 0.4) is 0 Å². The number of carbonyl (C=O) groups excluding carboxylic acids is 1. The van der Waals surface area contributed by atoms with Gasteiger partial charge in [0.1, 0.15) is 0 Å². The predicted molar refractivity (Wildman–Crippen MR) is 129 cm³/mol. The van der Waals surface area contributed by atoms with Crippen LogP contribution in [0.4, 0.5) is 0 Å². The zero-order valence-electron chi connectivity index (χ0n) is 19.5. The summed E-state index contributed by atoms with van der Waals surface area (Å²) in [7, 11) is 1.17. The Morgan fingerprint density at radius 2 is 1.67 bits per heavy atom. The molecule has 0 spiro atoms. The molecule has 3 aromatic rings. The van der Waals surface area contributed by atoms with Gasteiger partial charge in [0.15, 0.2) is 4.80 Å². The molecule has 1 amide bonds. The lowest BCUT2D eigenvalue weighted by Gasteiger charge is -2.21. The number of fused-ring (bicyclic) bond motifs is 1. The van der Waals surface area contributed by atoms with Crippen LogP contribution in [0.25, 0.3) is 10.2 Å². The second-order valence-corrected chi connectivity index (χ2v) is 10.6. The van der Waals surface area contributed by atoms with Gasteiger partial charge in [0.2, 0.25) is 10.0 Å². The van der Waals surface area contributed by atoms with E-state index in [0.29, 0.717) is 10.4 Å². The molecule has 0 unspecified atom stereocenters. The SMILES string of the molecule is COCCN(CCOC)S(=O)(=O)c1ccc(C(=O)N=c2sc3c(C)cc(C)cc3n2C)cc1. The summed E-state index contributed by atoms with van der Waals surface area (Å²) in [5.41, 5.74) is 3.63. The lowest BCUT2D eigenvalue weighted by atomic mass is 10.1. The first-order chi connectivity index (χ1) is 15.7. The Labute approximate surface area is 198 Å². The van der Waals surface area contributed by atoms with Gasteiger partial charge in [-0.05, 0) is 55.3 Å². The molecule has 0 aliphatic carbocycles. The van der Waals surface area contributed by atoms with Crippen molar-refractivity contribution in [3.05, 3.63) is 57.9 Å². The quantitative estimate of drug-likeness (QED) is 0.459. The van der Waals surface area contributed by atoms with Crippen LogP contribution in [0.5, 0.6) is 0 Å². The number of hydrogen-bond acceptors (Lipinski definition) is 6. The zero-order valence-corrected chi connectivity index (χ0v) is 21.1. The Bertz CT molecular complexity index is 1300. The van der Waals surface area contributed by atoms with Gasteiger partial charge in [-0.25, -0.2) is 8.42 Å². The maximum absolute atomic E-state index is 13.0. The molecule has 0 bridgehead atoms. The highest BCUT2D eigenvalue weighted by Gasteiger charge is 2.24. The molecule has 8 nitrogen and oxygen atoms in total. The number of rotatable bonds is 9. The minimum atomic E-state index is -3.75. The van der Waals surface area contributed by atoms with Crippen LogP contribution in [0.2, 0.25) is 0 Å². The third-order valence-corrected chi connectivity index (χ3v) is 8.46. The highest BCUT2D eigenvalue weighted by molar-refractivity contribution is 7.89. The van der Waals surface area contributed by atoms with Crippen LogP contribution in [0.15, 0.2) is 46.3 Å². The fourth-order valence-electron chi connectivity index (χ4n) is 3.48. The van der Waals surface area contributed by atoms with Crippen LogP contribution in [0.1, 0.15) is 21.5 Å². The minimum Gasteiger partial charge on any atom is -0.383 e. The Morgan fingerprint density at radius 1 is 1.06 bits per heavy atom. The van der Waals surface area contributed by atoms with E-state index in [0.717, 1.165) is 21.3 Å². The summed E-state index contributed by atoms with van der Waals surface area (Å²) in [6.45, 7) is 5.03. The summed E-state index contributed by atoms with van der Waals surface area (Å²) in [6, 6.07) is 10.0. The van der Waals surface area contributed by atoms with Crippen molar-refractivity contribution in [3.8, 4) is 0 Å². The molecule has 0 atom stereocenters. The first-order valence-corrected chi connectivity index (χ1v) is 12.7. The monoisotopic (exact) mass is 491 g/mol. The number of nitrogens with zero attached hydrogens (tertiary/aromatic N) is 3. The van der Waals surface area contributed by atoms with Crippen LogP contribution in [0, 0.1) is 13.8 Å². The maximum Gasteiger partial charge on any atom is 0.279 e. The van der Waals surface area contributed by atoms with Gasteiger partial charge < -0.3 is 14.0 Å². The fourth-order valence-corrected chi connectivity index (χ4v) is 5.96. The Hall–Kier alpha value is -2.37. The number of amides is 1. The van der Waals surface area contributed by atoms with Gasteiger partial charge in [0.05, 0.1) is 28.3 Å². The van der Waals surface area contributed by atoms with Gasteiger partial charge >= 0.3 is 0 Å². The normalized spacial score (nSPS) is 12.7. The van der Waals surface area contributed by atoms with E-state index in [1.54, 1.807) is 0 Å². The van der Waals surface area contributed by atoms with E-state index < -0.39 is 15.9 Å². The van der Waals surface area contributed by atoms with Crippen molar-refractivity contribution in [1.29, 1.82) is 0 Å². The molecule has 0 N–H and O–H groups in total. The number of sulfonamides is 1. The lowest BCUT2D eigenvalue weighted by molar-refractivity contribution is 0.0998. The van der Waals surface area contributed by atoms with Crippen LogP contribution in [-0.2, 0) is 26.5 Å². The molecule has 0 radical (unpaired) electrons. The van der Waals surface area contributed by atoms with E-state index in [2.05, 4.69) is 17.1 Å². The number of benzene rings is 2. The maximum atomic E-state index is 13.0. The van der Waals surface area contributed by atoms with Gasteiger partial charge in [0, 0.05) is 39.9 Å². The van der Waals surface area contributed by atoms with Gasteiger partial charge in [0.25, 0.3) is 5.91 Å². The number of aryl methyl sites for hydroxylation is 3. The topological polar surface area (TPSA) is 90.2 Å². The van der Waals surface area contributed by atoms with E-state index in [-0.39, 0.29) is 31.2 Å². The molecule has 0 aliphatic heterocycles. The Morgan fingerprint density at radius 3 is 2.24 bits per heavy atom. The van der Waals surface area contributed by atoms with Crippen molar-refractivity contribution < 1.29 is 22.7 Å². The van der Waals surface area contributed by atoms with Gasteiger partial charge in [-0.3, -0.25) is 4.79 Å². The van der Waals surface area contributed by atoms with E-state index in [1.807, 2.05) is 25.5 Å². The van der Waals surface area contributed by atoms with E-state index in [4.69, 9.17) is 9.47 Å². The van der Waals surface area contributed by atoms with Crippen molar-refractivity contribution >= 4 is 37.5 Å². The van der Waals surface area contributed by atoms with E-state index in [9.17, 15) is 13.2 Å². The second-order valence-electron chi connectivity index (χ2n) is 7.70. The molecule has 2 aromatic carbocycles. The molecule has 0 saturated carbocycles. The van der Waals surface area contributed by atoms with E-state index in [1.165, 1.54) is 54.1 Å². The molecule has 1 heterocycles. The highest BCUT2D eigenvalue weighted by atomic mass is 32.2. The third-order valence-electron chi connectivity index (χ3n) is 5.27. The highest BCUT2D eigenvalue weighted by Crippen LogP contribution is 2.23. The summed E-state index contributed by atoms with van der Waals surface area (Å²) >= 11 is 1.46. The smallest absolute Gasteiger partial charge is 0.279 e. The number of hydrogen-bond donors (Lipinski definition) is 0. The number of ether oxygens (including phenoxy) is 2. The number of methoxy groups -OCH3 is 2. The summed E-state index contributed by atoms with van der Waals surface area (Å²) in [5, 5.41) is 0. The molecule has 178 valence electrons. The van der Waals surface area contributed by atoms with E-state index >= 15 is 0 Å². The third kappa shape index (κ3) is 5.59. The van der Waals surface area contributed by atoms with Crippen molar-refractivity contribution in [2.75, 3.05) is 40.5 Å². The van der Waals surface area contributed by atoms with Crippen LogP contribution >= 0.6 is 11.3 Å². The predicted octanol–water partition coefficient (Wildman–Crippen LogP) is 2.88. The minimum absolute atomic E-state index is 0.102. The standard InChI is InChI=1S/C23H29N3O5S2/c1-16-14-17(2)21-20(15-16)25(3)23(32-21)24-22(27)18-6-8-19(9-7-18)33(28,29)26(10-12-30-4)11-13-31-5/h6-9,14-15H,10-13H2,1-5H3. The van der Waals surface area contributed by atoms with Gasteiger partial charge in [-0.1, -0.05) is 17.4 Å². The number of thiazole rings is 1. The Kier molecular flexibility index (Phi) is 8.19. The average molecular weight is 492 g/mol. The Balaban J connectivity index is 1.89. The molecule has 1 aromatic heterocycles. The largest absolute Gasteiger partial charge is 0.383 e. The summed E-state index contributed by atoms with van der Waals surface area (Å²) in [5.74, 6) is -0.425. The molecule has 10 heteroatoms. The lowest BCUT2D eigenvalue weighted by Crippen LogP contribution is -2.36. The van der Waals surface area contributed by atoms with Gasteiger partial charge in [-0.2, -0.15) is 9.30 Å². The molecular formula is C23H29N3O5S2. The van der Waals surface area contributed by atoms with Crippen molar-refractivity contribution in [2.24, 2.45) is 12.0 Å². The van der Waals surface area contributed by atoms with Crippen molar-refractivity contribution in [2.45, 2.75) is 18.7 Å². The summed E-state index contributed by atoms with van der Waals surface area (Å²) < 4.78 is 40.4. The summed E-state index contributed by atoms with van der Waals surface area (Å²) in [4.78, 5) is 17.8. The molecule has 3 rings (SSSR count). The molecule has 33 heavy (non-hydrogen) atoms. The second kappa shape index (κ2) is 10.7. The van der Waals surface area contributed by atoms with Crippen molar-refractivity contribution in [1.82, 2.24) is 8.87 Å². The first kappa shape index (κ1) is 25.3. The zero-order chi connectivity index (χ0) is 24.2. The fraction of sp³-hybridized carbons (Fsp3) is 0.391. The van der Waals surface area contributed by atoms with Crippen LogP contribution < -0.4 is 4.80 Å². The van der Waals surface area contributed by atoms with Crippen LogP contribution in [-0.4, -0.2) is 63.7 Å². The molecule has 0 fully saturated rings. The average Bonchev–Trinajstić information content (AvgIpc) is 3.09. The number of aromatic nitrogens is 1. The number of carbonyl (C=O) groups is 1. The van der Waals surface area contributed by atoms with Gasteiger partial charge in [-0.15, -0.1) is 0 Å². The first-order valence-electron chi connectivity index (χ1n) is 10.4. The molecule has 0 aliphatic rings. The van der Waals surface area contributed by atoms with Crippen molar-refractivity contribution in [3.63, 3.8) is 0 Å². The summed E-state index contributed by atoms with van der Waals surface area (Å²) in [6.07, 6.45) is 0. The molecule has 0 saturated heterocycles.